The van der Waals surface area contributed by atoms with Crippen LogP contribution in [0.1, 0.15) is 25.3 Å². The first kappa shape index (κ1) is 26.3. The van der Waals surface area contributed by atoms with Gasteiger partial charge in [0.1, 0.15) is 10.4 Å². The molecule has 2 heterocycles. The second kappa shape index (κ2) is 12.4. The molecular formula is C24H29N5O4S2. The summed E-state index contributed by atoms with van der Waals surface area (Å²) < 4.78 is 29.0. The number of benzene rings is 1. The van der Waals surface area contributed by atoms with Gasteiger partial charge in [-0.1, -0.05) is 18.7 Å². The van der Waals surface area contributed by atoms with Crippen molar-refractivity contribution in [1.29, 1.82) is 0 Å². The number of H-pyrrole nitrogens is 1. The van der Waals surface area contributed by atoms with Gasteiger partial charge in [0.2, 0.25) is 0 Å². The van der Waals surface area contributed by atoms with E-state index in [0.29, 0.717) is 30.6 Å². The Bertz CT molecular complexity index is 1310. The highest BCUT2D eigenvalue weighted by Gasteiger charge is 2.19. The predicted octanol–water partition coefficient (Wildman–Crippen LogP) is 3.16. The fourth-order valence-corrected chi connectivity index (χ4v) is 5.43. The van der Waals surface area contributed by atoms with Gasteiger partial charge in [-0.2, -0.15) is 5.10 Å². The zero-order valence-electron chi connectivity index (χ0n) is 19.5. The molecule has 0 saturated carbocycles. The maximum atomic E-state index is 13.1. The Morgan fingerprint density at radius 2 is 2.09 bits per heavy atom. The quantitative estimate of drug-likeness (QED) is 0.237. The van der Waals surface area contributed by atoms with E-state index in [1.807, 2.05) is 12.3 Å². The number of aliphatic hydroxyl groups excluding tert-OH is 1. The van der Waals surface area contributed by atoms with Gasteiger partial charge in [0.15, 0.2) is 0 Å². The van der Waals surface area contributed by atoms with E-state index < -0.39 is 10.0 Å². The number of aryl methyl sites for hydroxylation is 1. The summed E-state index contributed by atoms with van der Waals surface area (Å²) in [6.07, 6.45) is 10.2. The van der Waals surface area contributed by atoms with Crippen molar-refractivity contribution in [1.82, 2.24) is 24.8 Å². The van der Waals surface area contributed by atoms with Crippen LogP contribution < -0.4 is 4.72 Å². The second-order valence-corrected chi connectivity index (χ2v) is 10.3. The minimum absolute atomic E-state index is 0.0170. The third-order valence-corrected chi connectivity index (χ3v) is 7.46. The molecule has 35 heavy (non-hydrogen) atoms. The largest absolute Gasteiger partial charge is 0.396 e. The maximum absolute atomic E-state index is 13.1. The zero-order valence-corrected chi connectivity index (χ0v) is 21.1. The van der Waals surface area contributed by atoms with Crippen molar-refractivity contribution in [2.75, 3.05) is 19.7 Å². The van der Waals surface area contributed by atoms with Crippen LogP contribution in [0, 0.1) is 0 Å². The van der Waals surface area contributed by atoms with Gasteiger partial charge in [-0.25, -0.2) is 13.4 Å². The normalized spacial score (nSPS) is 12.3. The number of carbonyl (C=O) groups excluding carboxylic acids is 1. The molecule has 9 nitrogen and oxygen atoms in total. The van der Waals surface area contributed by atoms with Gasteiger partial charge in [0.25, 0.3) is 15.9 Å². The number of nitrogens with zero attached hydrogens (tertiary/aromatic N) is 3. The van der Waals surface area contributed by atoms with Crippen molar-refractivity contribution in [2.45, 2.75) is 31.1 Å². The summed E-state index contributed by atoms with van der Waals surface area (Å²) >= 11 is 1.36. The topological polar surface area (TPSA) is 128 Å². The van der Waals surface area contributed by atoms with Crippen molar-refractivity contribution >= 4 is 37.5 Å². The van der Waals surface area contributed by atoms with Crippen LogP contribution in [-0.4, -0.2) is 59.2 Å². The van der Waals surface area contributed by atoms with Crippen LogP contribution in [-0.2, 0) is 21.2 Å². The first-order valence-corrected chi connectivity index (χ1v) is 13.5. The number of sulfonamides is 1. The Morgan fingerprint density at radius 1 is 1.29 bits per heavy atom. The highest BCUT2D eigenvalue weighted by Crippen LogP contribution is 2.25. The number of rotatable bonds is 13. The predicted molar refractivity (Wildman–Crippen MR) is 137 cm³/mol. The van der Waals surface area contributed by atoms with Crippen LogP contribution in [0.3, 0.4) is 0 Å². The van der Waals surface area contributed by atoms with Crippen LogP contribution in [0.25, 0.3) is 10.2 Å². The van der Waals surface area contributed by atoms with Crippen LogP contribution in [0.4, 0.5) is 0 Å². The number of allylic oxidation sites excluding steroid dienone is 2. The van der Waals surface area contributed by atoms with E-state index in [9.17, 15) is 18.3 Å². The van der Waals surface area contributed by atoms with Crippen LogP contribution in [0.15, 0.2) is 77.1 Å². The highest BCUT2D eigenvalue weighted by atomic mass is 32.2. The Morgan fingerprint density at radius 3 is 2.80 bits per heavy atom. The molecule has 0 aliphatic rings. The van der Waals surface area contributed by atoms with Gasteiger partial charge in [-0.05, 0) is 56.0 Å². The first-order chi connectivity index (χ1) is 16.9. The van der Waals surface area contributed by atoms with Gasteiger partial charge in [-0.15, -0.1) is 11.3 Å². The molecule has 0 spiro atoms. The Labute approximate surface area is 208 Å². The molecule has 2 aromatic heterocycles. The molecule has 1 amide bonds. The van der Waals surface area contributed by atoms with Crippen molar-refractivity contribution in [3.63, 3.8) is 0 Å². The average Bonchev–Trinajstić information content (AvgIpc) is 3.53. The smallest absolute Gasteiger partial charge is 0.264 e. The molecule has 3 aromatic rings. The van der Waals surface area contributed by atoms with E-state index in [1.54, 1.807) is 41.7 Å². The molecule has 0 unspecified atom stereocenters. The zero-order chi connectivity index (χ0) is 25.3. The van der Waals surface area contributed by atoms with Crippen LogP contribution in [0.2, 0.25) is 0 Å². The van der Waals surface area contributed by atoms with Gasteiger partial charge in [0.05, 0.1) is 16.4 Å². The molecule has 11 heteroatoms. The molecule has 0 radical (unpaired) electrons. The molecule has 0 fully saturated rings. The fraction of sp³-hybridized carbons (Fsp3) is 0.292. The van der Waals surface area contributed by atoms with Gasteiger partial charge >= 0.3 is 0 Å². The van der Waals surface area contributed by atoms with Crippen LogP contribution >= 0.6 is 11.3 Å². The van der Waals surface area contributed by atoms with Gasteiger partial charge < -0.3 is 10.0 Å². The van der Waals surface area contributed by atoms with E-state index in [2.05, 4.69) is 26.5 Å². The molecule has 0 aliphatic heterocycles. The number of amides is 1. The number of hydrogen-bond acceptors (Lipinski definition) is 7. The van der Waals surface area contributed by atoms with Gasteiger partial charge in [0, 0.05) is 37.2 Å². The molecule has 0 atom stereocenters. The number of aromatic amines is 1. The number of para-hydroxylation sites is 1. The molecule has 186 valence electrons. The molecule has 3 rings (SSSR count). The summed E-state index contributed by atoms with van der Waals surface area (Å²) in [4.78, 5) is 19.1. The lowest BCUT2D eigenvalue weighted by Crippen LogP contribution is -2.34. The highest BCUT2D eigenvalue weighted by molar-refractivity contribution is 7.89. The van der Waals surface area contributed by atoms with E-state index in [1.165, 1.54) is 23.5 Å². The monoisotopic (exact) mass is 515 g/mol. The Hall–Kier alpha value is -3.28. The van der Waals surface area contributed by atoms with Crippen molar-refractivity contribution in [3.8, 4) is 0 Å². The third kappa shape index (κ3) is 7.10. The number of carbonyl (C=O) groups is 1. The fourth-order valence-electron chi connectivity index (χ4n) is 3.47. The first-order valence-electron chi connectivity index (χ1n) is 11.1. The summed E-state index contributed by atoms with van der Waals surface area (Å²) in [5.41, 5.74) is 3.57. The number of fused-ring (bicyclic) bond motifs is 1. The van der Waals surface area contributed by atoms with E-state index in [0.717, 1.165) is 23.1 Å². The molecule has 0 aliphatic carbocycles. The molecule has 3 N–H and O–H groups in total. The Balaban J connectivity index is 1.65. The summed E-state index contributed by atoms with van der Waals surface area (Å²) in [5, 5.41) is 15.9. The van der Waals surface area contributed by atoms with E-state index >= 15 is 0 Å². The molecule has 0 saturated heterocycles. The molecule has 1 aromatic carbocycles. The maximum Gasteiger partial charge on any atom is 0.264 e. The molecular weight excluding hydrogens is 486 g/mol. The number of aliphatic hydroxyl groups is 1. The Kier molecular flexibility index (Phi) is 9.35. The van der Waals surface area contributed by atoms with Crippen molar-refractivity contribution in [2.24, 2.45) is 0 Å². The number of hydrogen-bond donors (Lipinski definition) is 3. The van der Waals surface area contributed by atoms with Gasteiger partial charge in [-0.3, -0.25) is 14.6 Å². The third-order valence-electron chi connectivity index (χ3n) is 5.22. The lowest BCUT2D eigenvalue weighted by atomic mass is 10.1. The van der Waals surface area contributed by atoms with E-state index in [-0.39, 0.29) is 23.1 Å². The average molecular weight is 516 g/mol. The lowest BCUT2D eigenvalue weighted by Gasteiger charge is -2.23. The second-order valence-electron chi connectivity index (χ2n) is 7.74. The van der Waals surface area contributed by atoms with Crippen LogP contribution in [0.5, 0.6) is 0 Å². The number of thiazole rings is 1. The summed E-state index contributed by atoms with van der Waals surface area (Å²) in [5.74, 6) is -0.202. The number of nitrogens with one attached hydrogen (secondary N) is 2. The summed E-state index contributed by atoms with van der Waals surface area (Å²) in [6, 6.07) is 4.96. The summed E-state index contributed by atoms with van der Waals surface area (Å²) in [6.45, 7) is 6.43. The summed E-state index contributed by atoms with van der Waals surface area (Å²) in [7, 11) is -3.90. The standard InChI is InChI=1S/C24H29N5O4S2/c1-3-20(24(31)29(13-6-14-30)12-5-7-19-15-26-27-16-19)11-10-18(2)28-35(32,33)22-9-4-8-21-23(22)25-17-34-21/h3-4,8-11,15-17,28,30H,2,5-7,12-14H2,1H3,(H,26,27)/b11-10-,20-3+. The van der Waals surface area contributed by atoms with E-state index in [4.69, 9.17) is 0 Å². The van der Waals surface area contributed by atoms with Crippen molar-refractivity contribution < 1.29 is 18.3 Å². The molecule has 0 bridgehead atoms. The lowest BCUT2D eigenvalue weighted by molar-refractivity contribution is -0.127. The van der Waals surface area contributed by atoms with Crippen molar-refractivity contribution in [3.05, 3.63) is 77.7 Å². The SMILES string of the molecule is C=C(/C=C\C(=C/C)C(=O)N(CCCO)CCCc1cn[nH]c1)NS(=O)(=O)c1cccc2scnc12. The minimum Gasteiger partial charge on any atom is -0.396 e. The minimum atomic E-state index is -3.90. The number of aromatic nitrogens is 3.